The molecular formula is C35H21N5+2. The third kappa shape index (κ3) is 2.58. The largest absolute Gasteiger partial charge is 0.269 e. The van der Waals surface area contributed by atoms with E-state index in [0.29, 0.717) is 16.7 Å². The normalized spacial score (nSPS) is 20.1. The van der Waals surface area contributed by atoms with Crippen molar-refractivity contribution >= 4 is 0 Å². The summed E-state index contributed by atoms with van der Waals surface area (Å²) in [5, 5.41) is 30.5. The van der Waals surface area contributed by atoms with Gasteiger partial charge in [0.1, 0.15) is 18.1 Å². The Balaban J connectivity index is 1.48. The highest BCUT2D eigenvalue weighted by molar-refractivity contribution is 5.82. The minimum Gasteiger partial charge on any atom is -0.192 e. The zero-order chi connectivity index (χ0) is 27.2. The van der Waals surface area contributed by atoms with Crippen molar-refractivity contribution in [2.75, 3.05) is 0 Å². The zero-order valence-electron chi connectivity index (χ0n) is 21.6. The molecule has 0 saturated heterocycles. The van der Waals surface area contributed by atoms with Crippen molar-refractivity contribution < 1.29 is 9.13 Å². The number of nitriles is 3. The number of rotatable bonds is 1. The van der Waals surface area contributed by atoms with Gasteiger partial charge in [-0.3, -0.25) is 0 Å². The van der Waals surface area contributed by atoms with Gasteiger partial charge in [-0.05, 0) is 36.2 Å². The average Bonchev–Trinajstić information content (AvgIpc) is 3.62. The maximum absolute atomic E-state index is 10.3. The van der Waals surface area contributed by atoms with E-state index in [0.717, 1.165) is 33.6 Å². The molecule has 3 aromatic carbocycles. The lowest BCUT2D eigenvalue weighted by Crippen LogP contribution is -2.51. The van der Waals surface area contributed by atoms with Crippen LogP contribution in [0.4, 0.5) is 0 Å². The van der Waals surface area contributed by atoms with Crippen molar-refractivity contribution in [3.63, 3.8) is 0 Å². The lowest BCUT2D eigenvalue weighted by molar-refractivity contribution is -0.772. The number of aryl methyl sites for hydroxylation is 1. The minimum absolute atomic E-state index is 0.0106. The zero-order valence-corrected chi connectivity index (χ0v) is 21.6. The molecule has 1 fully saturated rings. The summed E-state index contributed by atoms with van der Waals surface area (Å²) in [6.07, 6.45) is 4.34. The molecule has 3 atom stereocenters. The molecule has 3 unspecified atom stereocenters. The number of hydrogen-bond acceptors (Lipinski definition) is 3. The SMILES string of the molecule is Cc1ccc2[n+](c1)C1C(c3c(C#N)cc(C#N)c(C#N)c3-2)C12c1ccccc1-c1cc(-c3ccccc3)cc[n+]12. The molecule has 2 aromatic heterocycles. The number of pyridine rings is 2. The summed E-state index contributed by atoms with van der Waals surface area (Å²) in [6, 6.07) is 35.9. The maximum atomic E-state index is 10.3. The first kappa shape index (κ1) is 22.4. The monoisotopic (exact) mass is 511 g/mol. The van der Waals surface area contributed by atoms with Crippen molar-refractivity contribution in [2.45, 2.75) is 24.4 Å². The fourth-order valence-corrected chi connectivity index (χ4v) is 7.41. The number of benzene rings is 3. The predicted molar refractivity (Wildman–Crippen MR) is 147 cm³/mol. The van der Waals surface area contributed by atoms with Gasteiger partial charge in [0.25, 0.3) is 5.54 Å². The summed E-state index contributed by atoms with van der Waals surface area (Å²) in [4.78, 5) is 0. The van der Waals surface area contributed by atoms with Gasteiger partial charge in [0.05, 0.1) is 33.9 Å². The molecule has 1 spiro atoms. The molecule has 40 heavy (non-hydrogen) atoms. The lowest BCUT2D eigenvalue weighted by Gasteiger charge is -2.16. The molecule has 1 aliphatic carbocycles. The first-order valence-corrected chi connectivity index (χ1v) is 13.3. The Morgan fingerprint density at radius 1 is 0.750 bits per heavy atom. The highest BCUT2D eigenvalue weighted by atomic mass is 15.3. The van der Waals surface area contributed by atoms with Crippen LogP contribution in [0, 0.1) is 40.9 Å². The fraction of sp³-hybridized carbons (Fsp3) is 0.114. The molecule has 5 heteroatoms. The molecule has 184 valence electrons. The number of hydrogen-bond donors (Lipinski definition) is 0. The molecule has 3 aliphatic rings. The average molecular weight is 512 g/mol. The van der Waals surface area contributed by atoms with E-state index in [1.54, 1.807) is 6.07 Å². The Bertz CT molecular complexity index is 2070. The van der Waals surface area contributed by atoms with Crippen LogP contribution in [0.1, 0.15) is 45.3 Å². The quantitative estimate of drug-likeness (QED) is 0.275. The van der Waals surface area contributed by atoms with Crippen LogP contribution in [0.2, 0.25) is 0 Å². The molecule has 0 amide bonds. The summed E-state index contributed by atoms with van der Waals surface area (Å²) < 4.78 is 4.68. The van der Waals surface area contributed by atoms with Crippen molar-refractivity contribution in [2.24, 2.45) is 0 Å². The number of fused-ring (bicyclic) bond motifs is 13. The van der Waals surface area contributed by atoms with Crippen molar-refractivity contribution in [1.29, 1.82) is 15.8 Å². The summed E-state index contributed by atoms with van der Waals surface area (Å²) in [5.41, 5.74) is 9.99. The summed E-state index contributed by atoms with van der Waals surface area (Å²) in [5.74, 6) is -0.0775. The Labute approximate surface area is 231 Å². The summed E-state index contributed by atoms with van der Waals surface area (Å²) in [7, 11) is 0. The second-order valence-electron chi connectivity index (χ2n) is 10.8. The highest BCUT2D eigenvalue weighted by Gasteiger charge is 2.86. The molecule has 4 heterocycles. The standard InChI is InChI=1S/C35H21N5/c1-21-11-12-29-32-27(19-38)24(17-36)15-25(18-37)31(32)33-34(39(29)20-21)35(33)28-10-6-5-9-26(28)30-16-23(13-14-40(30)35)22-7-3-2-4-8-22/h2-16,20,33-34H,1H3/q+2. The second kappa shape index (κ2) is 7.73. The lowest BCUT2D eigenvalue weighted by atomic mass is 9.85. The third-order valence-electron chi connectivity index (χ3n) is 8.94. The first-order chi connectivity index (χ1) is 19.6. The Morgan fingerprint density at radius 2 is 1.52 bits per heavy atom. The van der Waals surface area contributed by atoms with Gasteiger partial charge in [0.15, 0.2) is 12.4 Å². The first-order valence-electron chi connectivity index (χ1n) is 13.3. The van der Waals surface area contributed by atoms with E-state index >= 15 is 0 Å². The van der Waals surface area contributed by atoms with Crippen LogP contribution in [0.15, 0.2) is 97.3 Å². The third-order valence-corrected chi connectivity index (χ3v) is 8.94. The van der Waals surface area contributed by atoms with Crippen LogP contribution in [0.25, 0.3) is 33.6 Å². The van der Waals surface area contributed by atoms with E-state index in [4.69, 9.17) is 0 Å². The summed E-state index contributed by atoms with van der Waals surface area (Å²) >= 11 is 0. The van der Waals surface area contributed by atoms with Gasteiger partial charge in [-0.25, -0.2) is 0 Å². The topological polar surface area (TPSA) is 79.1 Å². The Hall–Kier alpha value is -5.57. The smallest absolute Gasteiger partial charge is 0.192 e. The van der Waals surface area contributed by atoms with Gasteiger partial charge in [0.2, 0.25) is 17.4 Å². The Kier molecular flexibility index (Phi) is 4.33. The van der Waals surface area contributed by atoms with Crippen molar-refractivity contribution in [3.8, 4) is 51.8 Å². The second-order valence-corrected chi connectivity index (χ2v) is 10.8. The molecule has 0 N–H and O–H groups in total. The van der Waals surface area contributed by atoms with E-state index < -0.39 is 5.54 Å². The van der Waals surface area contributed by atoms with Gasteiger partial charge in [-0.1, -0.05) is 48.5 Å². The molecule has 0 bridgehead atoms. The minimum atomic E-state index is -0.466. The molecule has 5 aromatic rings. The predicted octanol–water partition coefficient (Wildman–Crippen LogP) is 5.60. The van der Waals surface area contributed by atoms with E-state index in [9.17, 15) is 15.8 Å². The van der Waals surface area contributed by atoms with Crippen LogP contribution < -0.4 is 9.13 Å². The van der Waals surface area contributed by atoms with Gasteiger partial charge in [-0.15, -0.1) is 0 Å². The maximum Gasteiger partial charge on any atom is 0.269 e. The van der Waals surface area contributed by atoms with Crippen molar-refractivity contribution in [1.82, 2.24) is 0 Å². The molecular weight excluding hydrogens is 490 g/mol. The number of nitrogens with zero attached hydrogens (tertiary/aromatic N) is 5. The van der Waals surface area contributed by atoms with Crippen LogP contribution in [0.5, 0.6) is 0 Å². The number of aromatic nitrogens is 2. The van der Waals surface area contributed by atoms with E-state index in [1.807, 2.05) is 18.2 Å². The van der Waals surface area contributed by atoms with Gasteiger partial charge in [-0.2, -0.15) is 24.9 Å². The molecule has 8 rings (SSSR count). The fourth-order valence-electron chi connectivity index (χ4n) is 7.41. The molecule has 5 nitrogen and oxygen atoms in total. The molecule has 0 radical (unpaired) electrons. The molecule has 1 saturated carbocycles. The van der Waals surface area contributed by atoms with Crippen LogP contribution in [0.3, 0.4) is 0 Å². The van der Waals surface area contributed by atoms with Gasteiger partial charge < -0.3 is 0 Å². The van der Waals surface area contributed by atoms with E-state index in [1.165, 1.54) is 11.1 Å². The van der Waals surface area contributed by atoms with Crippen LogP contribution in [-0.4, -0.2) is 0 Å². The Morgan fingerprint density at radius 3 is 2.30 bits per heavy atom. The molecule has 2 aliphatic heterocycles. The van der Waals surface area contributed by atoms with E-state index in [-0.39, 0.29) is 17.5 Å². The van der Waals surface area contributed by atoms with Crippen LogP contribution >= 0.6 is 0 Å². The van der Waals surface area contributed by atoms with E-state index in [2.05, 4.69) is 107 Å². The summed E-state index contributed by atoms with van der Waals surface area (Å²) in [6.45, 7) is 2.07. The van der Waals surface area contributed by atoms with Gasteiger partial charge in [0, 0.05) is 34.9 Å². The van der Waals surface area contributed by atoms with Crippen molar-refractivity contribution in [3.05, 3.63) is 131 Å². The van der Waals surface area contributed by atoms with Crippen LogP contribution in [-0.2, 0) is 5.54 Å². The highest BCUT2D eigenvalue weighted by Crippen LogP contribution is 2.71. The van der Waals surface area contributed by atoms with Gasteiger partial charge >= 0.3 is 0 Å².